The monoisotopic (exact) mass is 307 g/mol. The van der Waals surface area contributed by atoms with E-state index in [1.807, 2.05) is 12.1 Å². The van der Waals surface area contributed by atoms with Crippen molar-refractivity contribution in [3.05, 3.63) is 28.9 Å². The van der Waals surface area contributed by atoms with Crippen LogP contribution in [0.3, 0.4) is 0 Å². The maximum atomic E-state index is 6.01. The third-order valence-corrected chi connectivity index (χ3v) is 3.38. The van der Waals surface area contributed by atoms with E-state index in [1.54, 1.807) is 6.20 Å². The Morgan fingerprint density at radius 1 is 1.39 bits per heavy atom. The molecule has 0 bridgehead atoms. The van der Waals surface area contributed by atoms with Gasteiger partial charge in [-0.1, -0.05) is 29.8 Å². The highest BCUT2D eigenvalue weighted by atomic mass is 79.9. The number of fused-ring (bicyclic) bond motifs is 1. The molecular formula is C14H18BrN3. The molecule has 0 atom stereocenters. The van der Waals surface area contributed by atoms with Crippen LogP contribution in [0.1, 0.15) is 20.3 Å². The van der Waals surface area contributed by atoms with Crippen LogP contribution in [0.15, 0.2) is 28.9 Å². The van der Waals surface area contributed by atoms with Crippen molar-refractivity contribution in [2.75, 3.05) is 17.6 Å². The molecule has 3 nitrogen and oxygen atoms in total. The average Bonchev–Trinajstić information content (AvgIpc) is 2.31. The second-order valence-electron chi connectivity index (χ2n) is 4.86. The number of hydrogen-bond acceptors (Lipinski definition) is 3. The van der Waals surface area contributed by atoms with E-state index in [9.17, 15) is 0 Å². The Balaban J connectivity index is 2.34. The minimum Gasteiger partial charge on any atom is -0.396 e. The van der Waals surface area contributed by atoms with E-state index in [2.05, 4.69) is 46.1 Å². The summed E-state index contributed by atoms with van der Waals surface area (Å²) in [5.74, 6) is 0.679. The first-order valence-corrected chi connectivity index (χ1v) is 6.95. The summed E-state index contributed by atoms with van der Waals surface area (Å²) in [7, 11) is 0. The lowest BCUT2D eigenvalue weighted by Crippen LogP contribution is -2.07. The maximum Gasteiger partial charge on any atom is 0.0743 e. The first-order chi connectivity index (χ1) is 8.58. The number of hydrogen-bond donors (Lipinski definition) is 2. The molecule has 3 N–H and O–H groups in total. The average molecular weight is 308 g/mol. The Kier molecular flexibility index (Phi) is 4.07. The van der Waals surface area contributed by atoms with Crippen LogP contribution >= 0.6 is 15.9 Å². The molecule has 0 fully saturated rings. The predicted molar refractivity (Wildman–Crippen MR) is 81.8 cm³/mol. The quantitative estimate of drug-likeness (QED) is 0.896. The molecule has 0 amide bonds. The van der Waals surface area contributed by atoms with E-state index in [-0.39, 0.29) is 0 Å². The second-order valence-corrected chi connectivity index (χ2v) is 5.77. The Bertz CT molecular complexity index is 547. The van der Waals surface area contributed by atoms with Gasteiger partial charge in [0.05, 0.1) is 23.1 Å². The molecule has 2 aromatic rings. The van der Waals surface area contributed by atoms with Crippen LogP contribution in [-0.2, 0) is 0 Å². The van der Waals surface area contributed by atoms with E-state index >= 15 is 0 Å². The van der Waals surface area contributed by atoms with Crippen LogP contribution in [0.25, 0.3) is 10.9 Å². The SMILES string of the molecule is CC(C)CCNc1c(N)cnc2ccc(Br)cc12. The zero-order chi connectivity index (χ0) is 13.1. The summed E-state index contributed by atoms with van der Waals surface area (Å²) in [5, 5.41) is 4.49. The highest BCUT2D eigenvalue weighted by Crippen LogP contribution is 2.30. The van der Waals surface area contributed by atoms with Gasteiger partial charge >= 0.3 is 0 Å². The minimum absolute atomic E-state index is 0.679. The molecule has 96 valence electrons. The highest BCUT2D eigenvalue weighted by molar-refractivity contribution is 9.10. The topological polar surface area (TPSA) is 50.9 Å². The van der Waals surface area contributed by atoms with Gasteiger partial charge in [-0.05, 0) is 30.5 Å². The van der Waals surface area contributed by atoms with Gasteiger partial charge in [-0.25, -0.2) is 0 Å². The fourth-order valence-corrected chi connectivity index (χ4v) is 2.22. The van der Waals surface area contributed by atoms with Crippen LogP contribution in [0.2, 0.25) is 0 Å². The van der Waals surface area contributed by atoms with E-state index < -0.39 is 0 Å². The van der Waals surface area contributed by atoms with Crippen LogP contribution in [-0.4, -0.2) is 11.5 Å². The van der Waals surface area contributed by atoms with E-state index in [0.717, 1.165) is 34.0 Å². The molecule has 0 aliphatic heterocycles. The molecule has 18 heavy (non-hydrogen) atoms. The van der Waals surface area contributed by atoms with Gasteiger partial charge < -0.3 is 11.1 Å². The van der Waals surface area contributed by atoms with Crippen molar-refractivity contribution >= 4 is 38.2 Å². The predicted octanol–water partition coefficient (Wildman–Crippen LogP) is 4.04. The number of anilines is 2. The van der Waals surface area contributed by atoms with Crippen molar-refractivity contribution in [3.63, 3.8) is 0 Å². The van der Waals surface area contributed by atoms with Gasteiger partial charge in [0.25, 0.3) is 0 Å². The van der Waals surface area contributed by atoms with Gasteiger partial charge in [-0.15, -0.1) is 0 Å². The normalized spacial score (nSPS) is 11.1. The first-order valence-electron chi connectivity index (χ1n) is 6.15. The number of nitrogens with zero attached hydrogens (tertiary/aromatic N) is 1. The van der Waals surface area contributed by atoms with Gasteiger partial charge in [0.15, 0.2) is 0 Å². The van der Waals surface area contributed by atoms with E-state index in [1.165, 1.54) is 0 Å². The van der Waals surface area contributed by atoms with Crippen molar-refractivity contribution in [2.24, 2.45) is 5.92 Å². The van der Waals surface area contributed by atoms with Crippen molar-refractivity contribution in [2.45, 2.75) is 20.3 Å². The van der Waals surface area contributed by atoms with Crippen LogP contribution < -0.4 is 11.1 Å². The number of nitrogens with two attached hydrogens (primary N) is 1. The summed E-state index contributed by atoms with van der Waals surface area (Å²) in [5.41, 5.74) is 8.66. The Morgan fingerprint density at radius 2 is 2.17 bits per heavy atom. The highest BCUT2D eigenvalue weighted by Gasteiger charge is 2.07. The summed E-state index contributed by atoms with van der Waals surface area (Å²) >= 11 is 3.49. The number of pyridine rings is 1. The van der Waals surface area contributed by atoms with Gasteiger partial charge in [0.1, 0.15) is 0 Å². The third-order valence-electron chi connectivity index (χ3n) is 2.88. The molecule has 4 heteroatoms. The van der Waals surface area contributed by atoms with Crippen molar-refractivity contribution < 1.29 is 0 Å². The lowest BCUT2D eigenvalue weighted by molar-refractivity contribution is 0.607. The van der Waals surface area contributed by atoms with Crippen LogP contribution in [0.4, 0.5) is 11.4 Å². The molecule has 0 saturated heterocycles. The van der Waals surface area contributed by atoms with Crippen LogP contribution in [0.5, 0.6) is 0 Å². The van der Waals surface area contributed by atoms with Crippen molar-refractivity contribution in [3.8, 4) is 0 Å². The molecular weight excluding hydrogens is 290 g/mol. The molecule has 1 aromatic carbocycles. The van der Waals surface area contributed by atoms with Gasteiger partial charge in [0, 0.05) is 16.4 Å². The summed E-state index contributed by atoms with van der Waals surface area (Å²) in [6, 6.07) is 6.03. The molecule has 0 radical (unpaired) electrons. The fraction of sp³-hybridized carbons (Fsp3) is 0.357. The van der Waals surface area contributed by atoms with Crippen LogP contribution in [0, 0.1) is 5.92 Å². The number of nitrogen functional groups attached to an aromatic ring is 1. The van der Waals surface area contributed by atoms with Crippen molar-refractivity contribution in [1.29, 1.82) is 0 Å². The fourth-order valence-electron chi connectivity index (χ4n) is 1.86. The zero-order valence-electron chi connectivity index (χ0n) is 10.7. The largest absolute Gasteiger partial charge is 0.396 e. The number of aromatic nitrogens is 1. The summed E-state index contributed by atoms with van der Waals surface area (Å²) in [6.07, 6.45) is 2.84. The minimum atomic E-state index is 0.679. The van der Waals surface area contributed by atoms with Crippen molar-refractivity contribution in [1.82, 2.24) is 4.98 Å². The first kappa shape index (κ1) is 13.1. The molecule has 0 unspecified atom stereocenters. The summed E-state index contributed by atoms with van der Waals surface area (Å²) in [6.45, 7) is 5.35. The molecule has 0 aliphatic rings. The van der Waals surface area contributed by atoms with Gasteiger partial charge in [-0.2, -0.15) is 0 Å². The Labute approximate surface area is 116 Å². The summed E-state index contributed by atoms with van der Waals surface area (Å²) in [4.78, 5) is 4.34. The molecule has 1 heterocycles. The summed E-state index contributed by atoms with van der Waals surface area (Å²) < 4.78 is 1.04. The zero-order valence-corrected chi connectivity index (χ0v) is 12.3. The number of halogens is 1. The van der Waals surface area contributed by atoms with E-state index in [0.29, 0.717) is 11.6 Å². The lowest BCUT2D eigenvalue weighted by atomic mass is 10.1. The Hall–Kier alpha value is -1.29. The molecule has 2 rings (SSSR count). The number of benzene rings is 1. The lowest BCUT2D eigenvalue weighted by Gasteiger charge is -2.13. The van der Waals surface area contributed by atoms with E-state index in [4.69, 9.17) is 5.73 Å². The van der Waals surface area contributed by atoms with Gasteiger partial charge in [0.2, 0.25) is 0 Å². The number of rotatable bonds is 4. The molecule has 0 spiro atoms. The standard InChI is InChI=1S/C14H18BrN3/c1-9(2)5-6-17-14-11-7-10(15)3-4-13(11)18-8-12(14)16/h3-4,7-9H,5-6,16H2,1-2H3,(H,17,18). The smallest absolute Gasteiger partial charge is 0.0743 e. The second kappa shape index (κ2) is 5.57. The maximum absolute atomic E-state index is 6.01. The molecule has 0 saturated carbocycles. The molecule has 1 aromatic heterocycles. The Morgan fingerprint density at radius 3 is 2.89 bits per heavy atom. The molecule has 0 aliphatic carbocycles. The third kappa shape index (κ3) is 2.93. The van der Waals surface area contributed by atoms with Gasteiger partial charge in [-0.3, -0.25) is 4.98 Å². The number of nitrogens with one attached hydrogen (secondary N) is 1.